The van der Waals surface area contributed by atoms with Gasteiger partial charge in [0.15, 0.2) is 0 Å². The lowest BCUT2D eigenvalue weighted by molar-refractivity contribution is -0.384. The molecule has 8 nitrogen and oxygen atoms in total. The van der Waals surface area contributed by atoms with Crippen molar-refractivity contribution in [3.63, 3.8) is 0 Å². The van der Waals surface area contributed by atoms with Crippen molar-refractivity contribution < 1.29 is 19.3 Å². The van der Waals surface area contributed by atoms with Crippen molar-refractivity contribution in [3.8, 4) is 0 Å². The molecule has 3 atom stereocenters. The number of non-ortho nitro benzene ring substituents is 1. The van der Waals surface area contributed by atoms with Crippen molar-refractivity contribution >= 4 is 44.8 Å². The summed E-state index contributed by atoms with van der Waals surface area (Å²) in [5.74, 6) is -2.17. The van der Waals surface area contributed by atoms with E-state index in [0.717, 1.165) is 37.2 Å². The van der Waals surface area contributed by atoms with Crippen molar-refractivity contribution in [2.24, 2.45) is 5.41 Å². The highest BCUT2D eigenvalue weighted by atomic mass is 79.9. The van der Waals surface area contributed by atoms with Crippen LogP contribution in [0.2, 0.25) is 0 Å². The Kier molecular flexibility index (Phi) is 5.59. The van der Waals surface area contributed by atoms with Crippen molar-refractivity contribution in [2.75, 3.05) is 9.96 Å². The lowest BCUT2D eigenvalue weighted by Crippen LogP contribution is -2.63. The van der Waals surface area contributed by atoms with Gasteiger partial charge in [-0.3, -0.25) is 24.5 Å². The summed E-state index contributed by atoms with van der Waals surface area (Å²) in [6, 6.07) is 38.3. The van der Waals surface area contributed by atoms with Gasteiger partial charge < -0.3 is 0 Å². The van der Waals surface area contributed by atoms with Crippen LogP contribution >= 0.6 is 15.9 Å². The molecule has 9 heteroatoms. The van der Waals surface area contributed by atoms with E-state index in [1.807, 2.05) is 91.0 Å². The molecule has 2 saturated heterocycles. The maximum Gasteiger partial charge on any atom is 0.271 e. The predicted molar refractivity (Wildman–Crippen MR) is 174 cm³/mol. The normalized spacial score (nSPS) is 26.8. The molecule has 3 unspecified atom stereocenters. The van der Waals surface area contributed by atoms with Gasteiger partial charge in [-0.1, -0.05) is 101 Å². The van der Waals surface area contributed by atoms with E-state index < -0.39 is 45.6 Å². The Morgan fingerprint density at radius 2 is 1.26 bits per heavy atom. The number of para-hydroxylation sites is 1. The van der Waals surface area contributed by atoms with Crippen LogP contribution in [-0.4, -0.2) is 22.3 Å². The monoisotopic (exact) mass is 669 g/mol. The zero-order valence-corrected chi connectivity index (χ0v) is 25.7. The Labute approximate surface area is 272 Å². The number of hydrogen-bond donors (Lipinski definition) is 0. The van der Waals surface area contributed by atoms with Crippen molar-refractivity contribution in [3.05, 3.63) is 170 Å². The Hall–Kier alpha value is -5.12. The van der Waals surface area contributed by atoms with Gasteiger partial charge in [0.1, 0.15) is 11.5 Å². The Bertz CT molecular complexity index is 2090. The minimum atomic E-state index is -1.70. The molecule has 2 amide bonds. The van der Waals surface area contributed by atoms with Gasteiger partial charge in [0.05, 0.1) is 22.2 Å². The van der Waals surface area contributed by atoms with E-state index in [4.69, 9.17) is 4.84 Å². The molecule has 2 fully saturated rings. The molecule has 2 bridgehead atoms. The third kappa shape index (κ3) is 3.16. The molecule has 0 spiro atoms. The molecular weight excluding hydrogens is 646 g/mol. The standard InChI is InChI=1S/C37H24BrN3O5/c38-23-11-8-10-22(20-23)33-36-31-27-16-4-6-18-29(27)32(30-19-7-5-17-28(30)31)37(36,46-40(33)24-12-2-1-3-13-24)35(43)39(34(36)42)25-14-9-15-26(21-25)41(44)45/h1-21,31-33H. The number of nitrogens with zero attached hydrogens (tertiary/aromatic N) is 3. The minimum Gasteiger partial charge on any atom is -0.273 e. The zero-order chi connectivity index (χ0) is 31.4. The number of halogens is 1. The van der Waals surface area contributed by atoms with Gasteiger partial charge in [0, 0.05) is 22.5 Å². The van der Waals surface area contributed by atoms with Crippen LogP contribution in [0.4, 0.5) is 17.1 Å². The average Bonchev–Trinajstić information content (AvgIpc) is 3.52. The summed E-state index contributed by atoms with van der Waals surface area (Å²) in [5, 5.41) is 13.6. The van der Waals surface area contributed by atoms with Crippen LogP contribution in [0.5, 0.6) is 0 Å². The summed E-state index contributed by atoms with van der Waals surface area (Å²) in [6.07, 6.45) is 0. The molecule has 0 aromatic heterocycles. The van der Waals surface area contributed by atoms with Crippen LogP contribution in [-0.2, 0) is 14.4 Å². The number of amides is 2. The van der Waals surface area contributed by atoms with E-state index >= 15 is 9.59 Å². The van der Waals surface area contributed by atoms with Crippen LogP contribution < -0.4 is 9.96 Å². The molecular formula is C37H24BrN3O5. The molecule has 0 radical (unpaired) electrons. The summed E-state index contributed by atoms with van der Waals surface area (Å²) < 4.78 is 0.820. The molecule has 5 aliphatic rings. The molecule has 0 N–H and O–H groups in total. The number of anilines is 2. The first-order chi connectivity index (χ1) is 22.4. The molecule has 3 aliphatic carbocycles. The number of nitro groups is 1. The maximum absolute atomic E-state index is 15.7. The lowest BCUT2D eigenvalue weighted by Gasteiger charge is -2.55. The fourth-order valence-corrected chi connectivity index (χ4v) is 9.10. The number of imide groups is 1. The largest absolute Gasteiger partial charge is 0.273 e. The third-order valence-corrected chi connectivity index (χ3v) is 10.7. The van der Waals surface area contributed by atoms with E-state index in [2.05, 4.69) is 28.1 Å². The fourth-order valence-electron chi connectivity index (χ4n) is 8.69. The first-order valence-corrected chi connectivity index (χ1v) is 15.8. The SMILES string of the molecule is O=C1N(c2cccc([N+](=O)[O-])c2)C(=O)C23C4c5ccccc5C(c5ccccc54)C12ON(c1ccccc1)C3c1cccc(Br)c1. The van der Waals surface area contributed by atoms with E-state index in [0.29, 0.717) is 5.69 Å². The number of carbonyl (C=O) groups is 2. The van der Waals surface area contributed by atoms with Gasteiger partial charge in [-0.2, -0.15) is 0 Å². The lowest BCUT2D eigenvalue weighted by atomic mass is 9.43. The second kappa shape index (κ2) is 9.45. The van der Waals surface area contributed by atoms with Gasteiger partial charge >= 0.3 is 0 Å². The van der Waals surface area contributed by atoms with Crippen LogP contribution in [0.15, 0.2) is 132 Å². The highest BCUT2D eigenvalue weighted by Crippen LogP contribution is 2.77. The first kappa shape index (κ1) is 27.2. The number of hydroxylamine groups is 1. The molecule has 5 aromatic rings. The number of hydrogen-bond acceptors (Lipinski definition) is 6. The first-order valence-electron chi connectivity index (χ1n) is 15.0. The number of benzene rings is 5. The van der Waals surface area contributed by atoms with Gasteiger partial charge in [0.25, 0.3) is 11.6 Å². The van der Waals surface area contributed by atoms with Crippen LogP contribution in [0.25, 0.3) is 0 Å². The molecule has 46 heavy (non-hydrogen) atoms. The molecule has 2 aliphatic heterocycles. The van der Waals surface area contributed by atoms with Crippen LogP contribution in [0.3, 0.4) is 0 Å². The predicted octanol–water partition coefficient (Wildman–Crippen LogP) is 7.44. The number of carbonyl (C=O) groups excluding carboxylic acids is 2. The Balaban J connectivity index is 1.42. The van der Waals surface area contributed by atoms with Gasteiger partial charge in [-0.15, -0.1) is 0 Å². The Morgan fingerprint density at radius 1 is 0.674 bits per heavy atom. The van der Waals surface area contributed by atoms with E-state index in [9.17, 15) is 10.1 Å². The van der Waals surface area contributed by atoms with E-state index in [1.165, 1.54) is 18.2 Å². The average molecular weight is 671 g/mol. The van der Waals surface area contributed by atoms with Crippen molar-refractivity contribution in [1.82, 2.24) is 0 Å². The van der Waals surface area contributed by atoms with Crippen molar-refractivity contribution in [2.45, 2.75) is 23.5 Å². The topological polar surface area (TPSA) is 93.0 Å². The van der Waals surface area contributed by atoms with Gasteiger partial charge in [-0.05, 0) is 58.1 Å². The summed E-state index contributed by atoms with van der Waals surface area (Å²) in [7, 11) is 0. The Morgan fingerprint density at radius 3 is 1.89 bits per heavy atom. The van der Waals surface area contributed by atoms with Gasteiger partial charge in [-0.25, -0.2) is 9.96 Å². The molecule has 5 aromatic carbocycles. The fraction of sp³-hybridized carbons (Fsp3) is 0.135. The number of nitro benzene ring substituents is 1. The smallest absolute Gasteiger partial charge is 0.271 e. The minimum absolute atomic E-state index is 0.148. The summed E-state index contributed by atoms with van der Waals surface area (Å²) in [5.41, 5.74) is 2.07. The second-order valence-corrected chi connectivity index (χ2v) is 13.1. The highest BCUT2D eigenvalue weighted by molar-refractivity contribution is 9.10. The molecule has 10 rings (SSSR count). The van der Waals surface area contributed by atoms with Crippen LogP contribution in [0, 0.1) is 15.5 Å². The summed E-state index contributed by atoms with van der Waals surface area (Å²) in [4.78, 5) is 50.8. The third-order valence-electron chi connectivity index (χ3n) is 10.2. The number of rotatable bonds is 4. The van der Waals surface area contributed by atoms with Crippen LogP contribution in [0.1, 0.15) is 45.7 Å². The van der Waals surface area contributed by atoms with Gasteiger partial charge in [0.2, 0.25) is 11.5 Å². The van der Waals surface area contributed by atoms with E-state index in [-0.39, 0.29) is 11.4 Å². The van der Waals surface area contributed by atoms with Crippen molar-refractivity contribution in [1.29, 1.82) is 0 Å². The maximum atomic E-state index is 15.7. The quantitative estimate of drug-likeness (QED) is 0.112. The second-order valence-electron chi connectivity index (χ2n) is 12.2. The van der Waals surface area contributed by atoms with E-state index in [1.54, 1.807) is 11.1 Å². The molecule has 224 valence electrons. The summed E-state index contributed by atoms with van der Waals surface area (Å²) >= 11 is 3.65. The molecule has 0 saturated carbocycles. The highest BCUT2D eigenvalue weighted by Gasteiger charge is 2.87. The molecule has 2 heterocycles. The summed E-state index contributed by atoms with van der Waals surface area (Å²) in [6.45, 7) is 0. The zero-order valence-electron chi connectivity index (χ0n) is 24.1.